The van der Waals surface area contributed by atoms with Crippen molar-refractivity contribution >= 4 is 0 Å². The highest BCUT2D eigenvalue weighted by atomic mass is 19.3. The van der Waals surface area contributed by atoms with E-state index in [2.05, 4.69) is 15.1 Å². The fourth-order valence-electron chi connectivity index (χ4n) is 4.01. The van der Waals surface area contributed by atoms with Gasteiger partial charge in [-0.25, -0.2) is 8.78 Å². The molecule has 2 aliphatic rings. The lowest BCUT2D eigenvalue weighted by atomic mass is 10.1. The molecule has 0 amide bonds. The van der Waals surface area contributed by atoms with Crippen molar-refractivity contribution in [3.63, 3.8) is 0 Å². The second kappa shape index (κ2) is 15.0. The molecule has 3 heterocycles. The number of aromatic amines is 1. The van der Waals surface area contributed by atoms with Crippen LogP contribution in [0.25, 0.3) is 0 Å². The monoisotopic (exact) mass is 475 g/mol. The quantitative estimate of drug-likeness (QED) is 0.474. The van der Waals surface area contributed by atoms with Crippen LogP contribution in [0.2, 0.25) is 0 Å². The molecule has 3 rings (SSSR count). The summed E-state index contributed by atoms with van der Waals surface area (Å²) in [7, 11) is 0. The van der Waals surface area contributed by atoms with Crippen LogP contribution in [-0.2, 0) is 25.4 Å². The average Bonchev–Trinajstić information content (AvgIpc) is 3.22. The normalized spacial score (nSPS) is 20.8. The van der Waals surface area contributed by atoms with Gasteiger partial charge in [0, 0.05) is 38.4 Å². The smallest absolute Gasteiger partial charge is 0.273 e. The molecular weight excluding hydrogens is 432 g/mol. The molecule has 192 valence electrons. The van der Waals surface area contributed by atoms with Crippen molar-refractivity contribution in [1.29, 1.82) is 0 Å². The summed E-state index contributed by atoms with van der Waals surface area (Å²) in [5.74, 6) is -2.97. The van der Waals surface area contributed by atoms with E-state index in [0.29, 0.717) is 26.2 Å². The molecule has 1 aromatic heterocycles. The molecule has 0 spiro atoms. The van der Waals surface area contributed by atoms with Crippen LogP contribution < -0.4 is 0 Å². The van der Waals surface area contributed by atoms with Crippen molar-refractivity contribution in [1.82, 2.24) is 15.1 Å². The number of hydrogen-bond acceptors (Lipinski definition) is 6. The van der Waals surface area contributed by atoms with Gasteiger partial charge in [-0.05, 0) is 44.6 Å². The molecule has 2 saturated heterocycles. The summed E-state index contributed by atoms with van der Waals surface area (Å²) in [5, 5.41) is 7.42. The molecule has 2 unspecified atom stereocenters. The molecule has 0 saturated carbocycles. The second-order valence-electron chi connectivity index (χ2n) is 8.38. The number of halogens is 2. The Kier molecular flexibility index (Phi) is 12.8. The van der Waals surface area contributed by atoms with Crippen LogP contribution in [0.3, 0.4) is 0 Å². The van der Waals surface area contributed by atoms with Crippen LogP contribution in [0.5, 0.6) is 0 Å². The maximum atomic E-state index is 14.5. The van der Waals surface area contributed by atoms with Crippen LogP contribution in [0, 0.1) is 6.92 Å². The van der Waals surface area contributed by atoms with Gasteiger partial charge in [-0.3, -0.25) is 10.00 Å². The summed E-state index contributed by atoms with van der Waals surface area (Å²) in [6, 6.07) is 0. The SMILES string of the molecule is CC.CCc1[nH]nc(C(CCN2CCOCC2)OCC(F)(F)CCOC2CCCCO2)c1C. The summed E-state index contributed by atoms with van der Waals surface area (Å²) in [4.78, 5) is 2.28. The number of nitrogens with zero attached hydrogens (tertiary/aromatic N) is 2. The first kappa shape index (κ1) is 28.1. The standard InChI is InChI=1S/C22H37F2N3O4.C2H6/c1-3-18-17(2)21(26-25-18)19(7-9-27-10-14-28-15-11-27)31-16-22(23,24)8-13-30-20-6-4-5-12-29-20;1-2/h19-20H,3-16H2,1-2H3,(H,25,26);1-2H3. The number of rotatable bonds is 12. The van der Waals surface area contributed by atoms with Crippen LogP contribution in [0.4, 0.5) is 8.78 Å². The predicted molar refractivity (Wildman–Crippen MR) is 124 cm³/mol. The minimum Gasteiger partial charge on any atom is -0.379 e. The average molecular weight is 476 g/mol. The maximum absolute atomic E-state index is 14.5. The van der Waals surface area contributed by atoms with Gasteiger partial charge in [0.25, 0.3) is 5.92 Å². The Bertz CT molecular complexity index is 648. The Morgan fingerprint density at radius 2 is 1.97 bits per heavy atom. The van der Waals surface area contributed by atoms with E-state index in [-0.39, 0.29) is 19.3 Å². The predicted octanol–water partition coefficient (Wildman–Crippen LogP) is 4.66. The van der Waals surface area contributed by atoms with Gasteiger partial charge in [0.05, 0.1) is 25.5 Å². The zero-order valence-corrected chi connectivity index (χ0v) is 20.8. The van der Waals surface area contributed by atoms with Crippen LogP contribution in [0.1, 0.15) is 75.9 Å². The van der Waals surface area contributed by atoms with Gasteiger partial charge in [-0.2, -0.15) is 5.10 Å². The minimum absolute atomic E-state index is 0.0408. The lowest BCUT2D eigenvalue weighted by Gasteiger charge is -2.29. The Balaban J connectivity index is 0.00000187. The topological polar surface area (TPSA) is 68.8 Å². The number of alkyl halides is 2. The molecule has 2 fully saturated rings. The van der Waals surface area contributed by atoms with Gasteiger partial charge in [-0.15, -0.1) is 0 Å². The molecule has 33 heavy (non-hydrogen) atoms. The van der Waals surface area contributed by atoms with E-state index in [1.165, 1.54) is 0 Å². The van der Waals surface area contributed by atoms with Crippen LogP contribution in [0.15, 0.2) is 0 Å². The molecule has 0 aromatic carbocycles. The van der Waals surface area contributed by atoms with Crippen molar-refractivity contribution in [2.75, 3.05) is 52.7 Å². The molecule has 0 radical (unpaired) electrons. The third-order valence-electron chi connectivity index (χ3n) is 6.02. The highest BCUT2D eigenvalue weighted by Gasteiger charge is 2.32. The number of H-pyrrole nitrogens is 1. The van der Waals surface area contributed by atoms with E-state index in [1.807, 2.05) is 27.7 Å². The number of aromatic nitrogens is 2. The number of ether oxygens (including phenoxy) is 4. The number of aryl methyl sites for hydroxylation is 1. The van der Waals surface area contributed by atoms with E-state index in [9.17, 15) is 8.78 Å². The molecule has 2 aliphatic heterocycles. The van der Waals surface area contributed by atoms with Gasteiger partial charge in [0.1, 0.15) is 12.7 Å². The second-order valence-corrected chi connectivity index (χ2v) is 8.38. The summed E-state index contributed by atoms with van der Waals surface area (Å²) >= 11 is 0. The van der Waals surface area contributed by atoms with Crippen LogP contribution in [-0.4, -0.2) is 80.0 Å². The number of nitrogens with one attached hydrogen (secondary N) is 1. The Morgan fingerprint density at radius 1 is 1.21 bits per heavy atom. The molecule has 1 aromatic rings. The third-order valence-corrected chi connectivity index (χ3v) is 6.02. The zero-order valence-electron chi connectivity index (χ0n) is 20.8. The van der Waals surface area contributed by atoms with Crippen LogP contribution >= 0.6 is 0 Å². The number of hydrogen-bond donors (Lipinski definition) is 1. The molecule has 0 bridgehead atoms. The Labute approximate surface area is 197 Å². The highest BCUT2D eigenvalue weighted by molar-refractivity contribution is 5.25. The van der Waals surface area contributed by atoms with Crippen molar-refractivity contribution < 1.29 is 27.7 Å². The highest BCUT2D eigenvalue weighted by Crippen LogP contribution is 2.29. The largest absolute Gasteiger partial charge is 0.379 e. The van der Waals surface area contributed by atoms with E-state index in [1.54, 1.807) is 0 Å². The first-order chi connectivity index (χ1) is 16.0. The molecular formula is C24H43F2N3O4. The molecule has 0 aliphatic carbocycles. The van der Waals surface area contributed by atoms with Gasteiger partial charge in [-0.1, -0.05) is 20.8 Å². The van der Waals surface area contributed by atoms with Gasteiger partial charge < -0.3 is 18.9 Å². The fourth-order valence-corrected chi connectivity index (χ4v) is 4.01. The first-order valence-electron chi connectivity index (χ1n) is 12.5. The van der Waals surface area contributed by atoms with E-state index >= 15 is 0 Å². The van der Waals surface area contributed by atoms with Gasteiger partial charge in [0.15, 0.2) is 6.29 Å². The molecule has 9 heteroatoms. The minimum atomic E-state index is -2.97. The lowest BCUT2D eigenvalue weighted by Crippen LogP contribution is -2.37. The van der Waals surface area contributed by atoms with E-state index < -0.39 is 18.6 Å². The van der Waals surface area contributed by atoms with Crippen molar-refractivity contribution in [2.45, 2.75) is 84.5 Å². The van der Waals surface area contributed by atoms with Crippen molar-refractivity contribution in [3.8, 4) is 0 Å². The Hall–Kier alpha value is -1.13. The number of morpholine rings is 1. The molecule has 2 atom stereocenters. The van der Waals surface area contributed by atoms with Crippen molar-refractivity contribution in [3.05, 3.63) is 17.0 Å². The fraction of sp³-hybridized carbons (Fsp3) is 0.875. The Morgan fingerprint density at radius 3 is 2.61 bits per heavy atom. The van der Waals surface area contributed by atoms with Gasteiger partial charge in [0.2, 0.25) is 0 Å². The summed E-state index contributed by atoms with van der Waals surface area (Å²) in [6.45, 7) is 11.8. The summed E-state index contributed by atoms with van der Waals surface area (Å²) in [6.07, 6.45) is 2.98. The summed E-state index contributed by atoms with van der Waals surface area (Å²) < 4.78 is 51.1. The van der Waals surface area contributed by atoms with Gasteiger partial charge >= 0.3 is 0 Å². The zero-order chi connectivity index (χ0) is 24.1. The first-order valence-corrected chi connectivity index (χ1v) is 12.5. The maximum Gasteiger partial charge on any atom is 0.273 e. The van der Waals surface area contributed by atoms with E-state index in [0.717, 1.165) is 62.3 Å². The lowest BCUT2D eigenvalue weighted by molar-refractivity contribution is -0.179. The van der Waals surface area contributed by atoms with E-state index in [4.69, 9.17) is 18.9 Å². The van der Waals surface area contributed by atoms with Crippen molar-refractivity contribution in [2.24, 2.45) is 0 Å². The molecule has 7 nitrogen and oxygen atoms in total. The summed E-state index contributed by atoms with van der Waals surface area (Å²) in [5.41, 5.74) is 2.74. The molecule has 1 N–H and O–H groups in total. The third kappa shape index (κ3) is 9.56.